The van der Waals surface area contributed by atoms with Gasteiger partial charge in [0, 0.05) is 11.8 Å². The summed E-state index contributed by atoms with van der Waals surface area (Å²) in [5.74, 6) is 0.132. The smallest absolute Gasteiger partial charge is 0.220 e. The van der Waals surface area contributed by atoms with Gasteiger partial charge in [0.05, 0.1) is 13.0 Å². The largest absolute Gasteiger partial charge is 0.477 e. The van der Waals surface area contributed by atoms with E-state index in [-0.39, 0.29) is 18.9 Å². The second kappa shape index (κ2) is 4.60. The molecule has 1 aromatic rings. The highest BCUT2D eigenvalue weighted by molar-refractivity contribution is 5.73. The number of nitrogens with zero attached hydrogens (tertiary/aromatic N) is 1. The van der Waals surface area contributed by atoms with Crippen LogP contribution in [0.3, 0.4) is 0 Å². The third-order valence-electron chi connectivity index (χ3n) is 1.86. The fourth-order valence-electron chi connectivity index (χ4n) is 0.948. The fourth-order valence-corrected chi connectivity index (χ4v) is 0.948. The SMILES string of the molecule is [CH2]c1ccnc(OCCC(N)=O)c1C. The Morgan fingerprint density at radius 2 is 2.43 bits per heavy atom. The Kier molecular flexibility index (Phi) is 3.45. The first-order chi connectivity index (χ1) is 6.61. The number of pyridine rings is 1. The second-order valence-electron chi connectivity index (χ2n) is 2.97. The average molecular weight is 193 g/mol. The molecular weight excluding hydrogens is 180 g/mol. The Hall–Kier alpha value is -1.58. The van der Waals surface area contributed by atoms with Crippen LogP contribution in [0.5, 0.6) is 5.88 Å². The molecule has 0 fully saturated rings. The lowest BCUT2D eigenvalue weighted by Gasteiger charge is -2.07. The summed E-state index contributed by atoms with van der Waals surface area (Å²) in [6.45, 7) is 5.94. The Morgan fingerprint density at radius 3 is 3.07 bits per heavy atom. The van der Waals surface area contributed by atoms with Crippen molar-refractivity contribution in [2.24, 2.45) is 5.73 Å². The van der Waals surface area contributed by atoms with Crippen molar-refractivity contribution in [1.82, 2.24) is 4.98 Å². The molecule has 1 heterocycles. The minimum atomic E-state index is -0.381. The zero-order chi connectivity index (χ0) is 10.6. The molecule has 0 aliphatic rings. The molecule has 4 heteroatoms. The molecule has 0 unspecified atom stereocenters. The molecule has 4 nitrogen and oxygen atoms in total. The predicted molar refractivity (Wildman–Crippen MR) is 52.7 cm³/mol. The van der Waals surface area contributed by atoms with Gasteiger partial charge in [0.15, 0.2) is 0 Å². The highest BCUT2D eigenvalue weighted by Gasteiger charge is 2.03. The highest BCUT2D eigenvalue weighted by Crippen LogP contribution is 2.16. The minimum Gasteiger partial charge on any atom is -0.477 e. The van der Waals surface area contributed by atoms with E-state index < -0.39 is 0 Å². The van der Waals surface area contributed by atoms with Gasteiger partial charge in [-0.2, -0.15) is 0 Å². The van der Waals surface area contributed by atoms with Crippen LogP contribution >= 0.6 is 0 Å². The van der Waals surface area contributed by atoms with Crippen LogP contribution in [-0.4, -0.2) is 17.5 Å². The van der Waals surface area contributed by atoms with Gasteiger partial charge >= 0.3 is 0 Å². The molecule has 1 rings (SSSR count). The van der Waals surface area contributed by atoms with Crippen LogP contribution in [0.15, 0.2) is 12.3 Å². The van der Waals surface area contributed by atoms with Gasteiger partial charge in [-0.15, -0.1) is 0 Å². The van der Waals surface area contributed by atoms with E-state index in [1.165, 1.54) is 0 Å². The van der Waals surface area contributed by atoms with Gasteiger partial charge in [0.1, 0.15) is 0 Å². The molecule has 14 heavy (non-hydrogen) atoms. The third-order valence-corrected chi connectivity index (χ3v) is 1.86. The number of ether oxygens (including phenoxy) is 1. The monoisotopic (exact) mass is 193 g/mol. The maximum Gasteiger partial charge on any atom is 0.220 e. The first kappa shape index (κ1) is 10.5. The summed E-state index contributed by atoms with van der Waals surface area (Å²) in [7, 11) is 0. The van der Waals surface area contributed by atoms with Crippen molar-refractivity contribution in [3.63, 3.8) is 0 Å². The molecule has 0 atom stereocenters. The summed E-state index contributed by atoms with van der Waals surface area (Å²) in [4.78, 5) is 14.5. The van der Waals surface area contributed by atoms with Crippen LogP contribution in [0.4, 0.5) is 0 Å². The topological polar surface area (TPSA) is 65.2 Å². The van der Waals surface area contributed by atoms with E-state index in [1.807, 2.05) is 6.92 Å². The van der Waals surface area contributed by atoms with Gasteiger partial charge in [-0.3, -0.25) is 4.79 Å². The highest BCUT2D eigenvalue weighted by atomic mass is 16.5. The van der Waals surface area contributed by atoms with E-state index in [2.05, 4.69) is 11.9 Å². The van der Waals surface area contributed by atoms with Crippen molar-refractivity contribution in [1.29, 1.82) is 0 Å². The molecular formula is C10H13N2O2. The summed E-state index contributed by atoms with van der Waals surface area (Å²) < 4.78 is 5.28. The van der Waals surface area contributed by atoms with Gasteiger partial charge in [-0.25, -0.2) is 4.98 Å². The Morgan fingerprint density at radius 1 is 1.71 bits per heavy atom. The molecule has 0 bridgehead atoms. The summed E-state index contributed by atoms with van der Waals surface area (Å²) in [6, 6.07) is 1.80. The van der Waals surface area contributed by atoms with Crippen LogP contribution in [0.25, 0.3) is 0 Å². The van der Waals surface area contributed by atoms with E-state index in [0.717, 1.165) is 11.1 Å². The number of rotatable bonds is 4. The molecule has 75 valence electrons. The van der Waals surface area contributed by atoms with Gasteiger partial charge in [0.25, 0.3) is 0 Å². The summed E-state index contributed by atoms with van der Waals surface area (Å²) in [5.41, 5.74) is 6.73. The molecule has 1 aromatic heterocycles. The molecule has 1 radical (unpaired) electrons. The maximum absolute atomic E-state index is 10.5. The summed E-state index contributed by atoms with van der Waals surface area (Å²) >= 11 is 0. The molecule has 0 aliphatic carbocycles. The zero-order valence-electron chi connectivity index (χ0n) is 8.12. The van der Waals surface area contributed by atoms with Crippen LogP contribution in [-0.2, 0) is 4.79 Å². The van der Waals surface area contributed by atoms with Crippen molar-refractivity contribution in [2.45, 2.75) is 13.3 Å². The van der Waals surface area contributed by atoms with Gasteiger partial charge in [-0.1, -0.05) is 0 Å². The average Bonchev–Trinajstić information content (AvgIpc) is 2.12. The standard InChI is InChI=1S/C10H13N2O2/c1-7-3-5-12-10(8(7)2)14-6-4-9(11)13/h3,5H,1,4,6H2,2H3,(H2,11,13). The van der Waals surface area contributed by atoms with Crippen molar-refractivity contribution >= 4 is 5.91 Å². The maximum atomic E-state index is 10.5. The number of hydrogen-bond donors (Lipinski definition) is 1. The quantitative estimate of drug-likeness (QED) is 0.770. The van der Waals surface area contributed by atoms with E-state index in [4.69, 9.17) is 10.5 Å². The normalized spacial score (nSPS) is 9.86. The molecule has 0 spiro atoms. The van der Waals surface area contributed by atoms with Crippen molar-refractivity contribution < 1.29 is 9.53 Å². The van der Waals surface area contributed by atoms with Gasteiger partial charge in [-0.05, 0) is 25.5 Å². The summed E-state index contributed by atoms with van der Waals surface area (Å²) in [6.07, 6.45) is 1.82. The number of aromatic nitrogens is 1. The van der Waals surface area contributed by atoms with Crippen molar-refractivity contribution in [3.05, 3.63) is 30.3 Å². The minimum absolute atomic E-state index is 0.197. The molecule has 0 saturated heterocycles. The Labute approximate surface area is 83.1 Å². The molecule has 1 amide bonds. The lowest BCUT2D eigenvalue weighted by molar-refractivity contribution is -0.118. The summed E-state index contributed by atoms with van der Waals surface area (Å²) in [5, 5.41) is 0. The van der Waals surface area contributed by atoms with Crippen LogP contribution in [0, 0.1) is 13.8 Å². The Balaban J connectivity index is 2.59. The Bertz CT molecular complexity index is 337. The van der Waals surface area contributed by atoms with Gasteiger partial charge in [0.2, 0.25) is 11.8 Å². The number of nitrogens with two attached hydrogens (primary N) is 1. The lowest BCUT2D eigenvalue weighted by atomic mass is 10.2. The lowest BCUT2D eigenvalue weighted by Crippen LogP contribution is -2.15. The van der Waals surface area contributed by atoms with E-state index in [9.17, 15) is 4.79 Å². The molecule has 0 saturated carbocycles. The molecule has 0 aromatic carbocycles. The number of primary amides is 1. The third kappa shape index (κ3) is 2.73. The number of amides is 1. The predicted octanol–water partition coefficient (Wildman–Crippen LogP) is 0.826. The van der Waals surface area contributed by atoms with Crippen molar-refractivity contribution in [3.8, 4) is 5.88 Å². The van der Waals surface area contributed by atoms with Crippen LogP contribution < -0.4 is 10.5 Å². The number of hydrogen-bond acceptors (Lipinski definition) is 3. The van der Waals surface area contributed by atoms with E-state index >= 15 is 0 Å². The van der Waals surface area contributed by atoms with Crippen LogP contribution in [0.2, 0.25) is 0 Å². The second-order valence-corrected chi connectivity index (χ2v) is 2.97. The fraction of sp³-hybridized carbons (Fsp3) is 0.300. The van der Waals surface area contributed by atoms with E-state index in [0.29, 0.717) is 5.88 Å². The molecule has 0 aliphatic heterocycles. The van der Waals surface area contributed by atoms with E-state index in [1.54, 1.807) is 12.3 Å². The molecule has 2 N–H and O–H groups in total. The number of carbonyl (C=O) groups is 1. The van der Waals surface area contributed by atoms with Crippen molar-refractivity contribution in [2.75, 3.05) is 6.61 Å². The van der Waals surface area contributed by atoms with Crippen LogP contribution in [0.1, 0.15) is 17.5 Å². The van der Waals surface area contributed by atoms with Gasteiger partial charge < -0.3 is 10.5 Å². The zero-order valence-corrected chi connectivity index (χ0v) is 8.12. The first-order valence-corrected chi connectivity index (χ1v) is 4.30. The first-order valence-electron chi connectivity index (χ1n) is 4.30. The number of carbonyl (C=O) groups excluding carboxylic acids is 1.